The molecular formula is C13H13NO3S. The second-order valence-electron chi connectivity index (χ2n) is 3.91. The number of ether oxygens (including phenoxy) is 1. The molecule has 1 aromatic heterocycles. The van der Waals surface area contributed by atoms with Gasteiger partial charge in [0, 0.05) is 16.6 Å². The quantitative estimate of drug-likeness (QED) is 0.921. The van der Waals surface area contributed by atoms with E-state index in [1.807, 2.05) is 12.3 Å². The van der Waals surface area contributed by atoms with Crippen LogP contribution in [-0.4, -0.2) is 16.1 Å². The van der Waals surface area contributed by atoms with Gasteiger partial charge in [0.15, 0.2) is 0 Å². The Morgan fingerprint density at radius 2 is 2.22 bits per heavy atom. The predicted molar refractivity (Wildman–Crippen MR) is 69.3 cm³/mol. The number of hydrogen-bond donors (Lipinski definition) is 1. The van der Waals surface area contributed by atoms with E-state index in [-0.39, 0.29) is 5.56 Å². The summed E-state index contributed by atoms with van der Waals surface area (Å²) in [5, 5.41) is 11.9. The van der Waals surface area contributed by atoms with Crippen molar-refractivity contribution >= 4 is 17.3 Å². The molecule has 18 heavy (non-hydrogen) atoms. The Hall–Kier alpha value is -1.88. The van der Waals surface area contributed by atoms with Crippen LogP contribution in [0, 0.1) is 13.8 Å². The summed E-state index contributed by atoms with van der Waals surface area (Å²) in [5.74, 6) is -0.356. The highest BCUT2D eigenvalue weighted by atomic mass is 32.1. The molecule has 0 aliphatic heterocycles. The lowest BCUT2D eigenvalue weighted by Crippen LogP contribution is -2.03. The monoisotopic (exact) mass is 263 g/mol. The Bertz CT molecular complexity index is 577. The van der Waals surface area contributed by atoms with Crippen LogP contribution in [0.3, 0.4) is 0 Å². The van der Waals surface area contributed by atoms with Crippen molar-refractivity contribution < 1.29 is 14.6 Å². The van der Waals surface area contributed by atoms with Crippen molar-refractivity contribution in [2.75, 3.05) is 0 Å². The Kier molecular flexibility index (Phi) is 3.62. The van der Waals surface area contributed by atoms with Crippen molar-refractivity contribution in [3.63, 3.8) is 0 Å². The first kappa shape index (κ1) is 12.6. The lowest BCUT2D eigenvalue weighted by atomic mass is 10.1. The number of thiazole rings is 1. The van der Waals surface area contributed by atoms with Crippen LogP contribution in [-0.2, 0) is 6.61 Å². The van der Waals surface area contributed by atoms with Crippen LogP contribution in [0.4, 0.5) is 0 Å². The third-order valence-electron chi connectivity index (χ3n) is 2.53. The van der Waals surface area contributed by atoms with Gasteiger partial charge in [-0.05, 0) is 26.0 Å². The molecule has 0 saturated carbocycles. The molecule has 0 spiro atoms. The van der Waals surface area contributed by atoms with E-state index >= 15 is 0 Å². The van der Waals surface area contributed by atoms with E-state index in [4.69, 9.17) is 9.84 Å². The third-order valence-corrected chi connectivity index (χ3v) is 3.47. The summed E-state index contributed by atoms with van der Waals surface area (Å²) < 4.78 is 5.61. The standard InChI is InChI=1S/C13H13NO3S/c1-8-7-18-12(14-8)6-17-11-5-3-4-10(9(11)2)13(15)16/h3-5,7H,6H2,1-2H3,(H,15,16). The van der Waals surface area contributed by atoms with Gasteiger partial charge < -0.3 is 9.84 Å². The lowest BCUT2D eigenvalue weighted by molar-refractivity contribution is 0.0695. The van der Waals surface area contributed by atoms with Crippen molar-refractivity contribution in [2.45, 2.75) is 20.5 Å². The van der Waals surface area contributed by atoms with Crippen LogP contribution in [0.1, 0.15) is 26.6 Å². The van der Waals surface area contributed by atoms with E-state index in [2.05, 4.69) is 4.98 Å². The van der Waals surface area contributed by atoms with E-state index in [1.54, 1.807) is 25.1 Å². The molecule has 0 unspecified atom stereocenters. The minimum Gasteiger partial charge on any atom is -0.486 e. The molecule has 1 aromatic carbocycles. The normalized spacial score (nSPS) is 10.3. The number of rotatable bonds is 4. The van der Waals surface area contributed by atoms with Gasteiger partial charge in [0.2, 0.25) is 0 Å². The van der Waals surface area contributed by atoms with Crippen LogP contribution in [0.15, 0.2) is 23.6 Å². The SMILES string of the molecule is Cc1csc(COc2cccc(C(=O)O)c2C)n1. The summed E-state index contributed by atoms with van der Waals surface area (Å²) in [6.07, 6.45) is 0. The van der Waals surface area contributed by atoms with Crippen molar-refractivity contribution in [2.24, 2.45) is 0 Å². The minimum absolute atomic E-state index is 0.266. The molecule has 0 aliphatic rings. The lowest BCUT2D eigenvalue weighted by Gasteiger charge is -2.09. The molecule has 0 radical (unpaired) electrons. The van der Waals surface area contributed by atoms with Crippen LogP contribution < -0.4 is 4.74 Å². The molecule has 0 fully saturated rings. The van der Waals surface area contributed by atoms with Gasteiger partial charge >= 0.3 is 5.97 Å². The smallest absolute Gasteiger partial charge is 0.336 e. The fraction of sp³-hybridized carbons (Fsp3) is 0.231. The average Bonchev–Trinajstić information content (AvgIpc) is 2.73. The van der Waals surface area contributed by atoms with Gasteiger partial charge in [-0.15, -0.1) is 11.3 Å². The van der Waals surface area contributed by atoms with Gasteiger partial charge in [0.05, 0.1) is 5.56 Å². The molecule has 0 amide bonds. The highest BCUT2D eigenvalue weighted by Crippen LogP contribution is 2.23. The fourth-order valence-corrected chi connectivity index (χ4v) is 2.29. The number of hydrogen-bond acceptors (Lipinski definition) is 4. The Balaban J connectivity index is 2.14. The van der Waals surface area contributed by atoms with Crippen molar-refractivity contribution in [3.05, 3.63) is 45.4 Å². The largest absolute Gasteiger partial charge is 0.486 e. The summed E-state index contributed by atoms with van der Waals surface area (Å²) >= 11 is 1.53. The molecule has 2 rings (SSSR count). The fourth-order valence-electron chi connectivity index (χ4n) is 1.61. The number of carboxylic acid groups (broad SMARTS) is 1. The Labute approximate surface area is 109 Å². The number of aryl methyl sites for hydroxylation is 1. The van der Waals surface area contributed by atoms with Crippen molar-refractivity contribution in [3.8, 4) is 5.75 Å². The van der Waals surface area contributed by atoms with E-state index in [9.17, 15) is 4.79 Å². The number of carbonyl (C=O) groups is 1. The molecule has 5 heteroatoms. The summed E-state index contributed by atoms with van der Waals surface area (Å²) in [5.41, 5.74) is 1.87. The Morgan fingerprint density at radius 3 is 2.83 bits per heavy atom. The van der Waals surface area contributed by atoms with Gasteiger partial charge in [-0.1, -0.05) is 6.07 Å². The van der Waals surface area contributed by atoms with Gasteiger partial charge in [0.25, 0.3) is 0 Å². The van der Waals surface area contributed by atoms with E-state index in [1.165, 1.54) is 11.3 Å². The number of benzene rings is 1. The molecule has 94 valence electrons. The summed E-state index contributed by atoms with van der Waals surface area (Å²) in [6, 6.07) is 5.01. The van der Waals surface area contributed by atoms with E-state index in [0.29, 0.717) is 17.9 Å². The average molecular weight is 263 g/mol. The first-order valence-corrected chi connectivity index (χ1v) is 6.32. The van der Waals surface area contributed by atoms with E-state index < -0.39 is 5.97 Å². The van der Waals surface area contributed by atoms with Gasteiger partial charge in [-0.3, -0.25) is 0 Å². The van der Waals surface area contributed by atoms with Crippen molar-refractivity contribution in [1.82, 2.24) is 4.98 Å². The van der Waals surface area contributed by atoms with Crippen LogP contribution >= 0.6 is 11.3 Å². The zero-order chi connectivity index (χ0) is 13.1. The van der Waals surface area contributed by atoms with Crippen LogP contribution in [0.25, 0.3) is 0 Å². The zero-order valence-corrected chi connectivity index (χ0v) is 11.0. The second-order valence-corrected chi connectivity index (χ2v) is 4.85. The first-order chi connectivity index (χ1) is 8.58. The maximum absolute atomic E-state index is 11.0. The Morgan fingerprint density at radius 1 is 1.44 bits per heavy atom. The molecule has 0 atom stereocenters. The maximum atomic E-state index is 11.0. The topological polar surface area (TPSA) is 59.4 Å². The number of nitrogens with zero attached hydrogens (tertiary/aromatic N) is 1. The minimum atomic E-state index is -0.942. The molecular weight excluding hydrogens is 250 g/mol. The molecule has 1 N–H and O–H groups in total. The third kappa shape index (κ3) is 2.68. The van der Waals surface area contributed by atoms with Crippen LogP contribution in [0.2, 0.25) is 0 Å². The second kappa shape index (κ2) is 5.18. The summed E-state index contributed by atoms with van der Waals surface area (Å²) in [4.78, 5) is 15.3. The van der Waals surface area contributed by atoms with Crippen LogP contribution in [0.5, 0.6) is 5.75 Å². The number of aromatic carboxylic acids is 1. The molecule has 0 aliphatic carbocycles. The van der Waals surface area contributed by atoms with Gasteiger partial charge in [-0.25, -0.2) is 9.78 Å². The molecule has 0 bridgehead atoms. The summed E-state index contributed by atoms with van der Waals surface area (Å²) in [7, 11) is 0. The highest BCUT2D eigenvalue weighted by Gasteiger charge is 2.11. The maximum Gasteiger partial charge on any atom is 0.336 e. The molecule has 2 aromatic rings. The van der Waals surface area contributed by atoms with Gasteiger partial charge in [0.1, 0.15) is 17.4 Å². The molecule has 1 heterocycles. The number of carboxylic acids is 1. The molecule has 4 nitrogen and oxygen atoms in total. The zero-order valence-electron chi connectivity index (χ0n) is 10.1. The highest BCUT2D eigenvalue weighted by molar-refractivity contribution is 7.09. The van der Waals surface area contributed by atoms with Crippen molar-refractivity contribution in [1.29, 1.82) is 0 Å². The predicted octanol–water partition coefficient (Wildman–Crippen LogP) is 3.04. The first-order valence-electron chi connectivity index (χ1n) is 5.44. The van der Waals surface area contributed by atoms with Gasteiger partial charge in [-0.2, -0.15) is 0 Å². The summed E-state index contributed by atoms with van der Waals surface area (Å²) in [6.45, 7) is 4.03. The number of aromatic nitrogens is 1. The van der Waals surface area contributed by atoms with E-state index in [0.717, 1.165) is 10.7 Å². The molecule has 0 saturated heterocycles.